The molecule has 0 saturated carbocycles. The lowest BCUT2D eigenvalue weighted by Gasteiger charge is -2.11. The van der Waals surface area contributed by atoms with E-state index in [4.69, 9.17) is 10.3 Å². The van der Waals surface area contributed by atoms with E-state index in [-0.39, 0.29) is 11.9 Å². The second-order valence-corrected chi connectivity index (χ2v) is 7.31. The molecule has 1 aliphatic heterocycles. The van der Waals surface area contributed by atoms with Crippen molar-refractivity contribution in [2.75, 3.05) is 5.32 Å². The normalized spacial score (nSPS) is 14.5. The van der Waals surface area contributed by atoms with E-state index in [0.29, 0.717) is 37.4 Å². The molecule has 9 heteroatoms. The third-order valence-electron chi connectivity index (χ3n) is 4.96. The van der Waals surface area contributed by atoms with Crippen molar-refractivity contribution in [2.45, 2.75) is 37.9 Å². The zero-order chi connectivity index (χ0) is 21.3. The van der Waals surface area contributed by atoms with E-state index < -0.39 is 11.7 Å². The standard InChI is InChI=1S/C21H19F3N4O2/c22-21(23,24)15-4-1-12(2-5-15)9-16(25)6-8-19-27-20(28-30-19)13-3-7-17-14(10-13)11-18(29)26-17/h1-5,7,10,16H,6,8-9,11,25H2,(H,26,29). The molecule has 2 aromatic carbocycles. The monoisotopic (exact) mass is 416 g/mol. The number of aromatic nitrogens is 2. The Bertz CT molecular complexity index is 1060. The van der Waals surface area contributed by atoms with Crippen molar-refractivity contribution in [3.63, 3.8) is 0 Å². The van der Waals surface area contributed by atoms with Crippen LogP contribution in [0.2, 0.25) is 0 Å². The predicted octanol–water partition coefficient (Wildman–Crippen LogP) is 3.75. The molecule has 30 heavy (non-hydrogen) atoms. The molecule has 4 rings (SSSR count). The Morgan fingerprint density at radius 2 is 1.93 bits per heavy atom. The summed E-state index contributed by atoms with van der Waals surface area (Å²) in [5.74, 6) is 0.823. The summed E-state index contributed by atoms with van der Waals surface area (Å²) >= 11 is 0. The molecule has 3 N–H and O–H groups in total. The van der Waals surface area contributed by atoms with Gasteiger partial charge in [0.25, 0.3) is 0 Å². The molecule has 6 nitrogen and oxygen atoms in total. The zero-order valence-corrected chi connectivity index (χ0v) is 15.9. The number of amides is 1. The Morgan fingerprint density at radius 1 is 1.17 bits per heavy atom. The van der Waals surface area contributed by atoms with Crippen LogP contribution in [-0.4, -0.2) is 22.1 Å². The molecule has 156 valence electrons. The summed E-state index contributed by atoms with van der Waals surface area (Å²) in [5, 5.41) is 6.76. The average Bonchev–Trinajstić information content (AvgIpc) is 3.31. The maximum atomic E-state index is 12.6. The number of benzene rings is 2. The average molecular weight is 416 g/mol. The number of aryl methyl sites for hydroxylation is 1. The number of rotatable bonds is 6. The lowest BCUT2D eigenvalue weighted by molar-refractivity contribution is -0.137. The summed E-state index contributed by atoms with van der Waals surface area (Å²) in [4.78, 5) is 15.8. The first kappa shape index (κ1) is 20.1. The number of carbonyl (C=O) groups excluding carboxylic acids is 1. The molecule has 3 aromatic rings. The first-order valence-electron chi connectivity index (χ1n) is 9.45. The Kier molecular flexibility index (Phi) is 5.29. The molecule has 0 spiro atoms. The highest BCUT2D eigenvalue weighted by Crippen LogP contribution is 2.30. The molecule has 0 aliphatic carbocycles. The van der Waals surface area contributed by atoms with Gasteiger partial charge in [0, 0.05) is 23.7 Å². The SMILES string of the molecule is NC(CCc1nc(-c2ccc3c(c2)CC(=O)N3)no1)Cc1ccc(C(F)(F)F)cc1. The molecule has 0 saturated heterocycles. The van der Waals surface area contributed by atoms with Gasteiger partial charge in [-0.3, -0.25) is 4.79 Å². The quantitative estimate of drug-likeness (QED) is 0.638. The minimum atomic E-state index is -4.35. The summed E-state index contributed by atoms with van der Waals surface area (Å²) in [6, 6.07) is 10.2. The van der Waals surface area contributed by atoms with E-state index in [1.165, 1.54) is 12.1 Å². The van der Waals surface area contributed by atoms with Gasteiger partial charge in [0.2, 0.25) is 17.6 Å². The van der Waals surface area contributed by atoms with Gasteiger partial charge in [-0.05, 0) is 54.3 Å². The van der Waals surface area contributed by atoms with Crippen LogP contribution in [0.15, 0.2) is 47.0 Å². The lowest BCUT2D eigenvalue weighted by Crippen LogP contribution is -2.23. The van der Waals surface area contributed by atoms with Crippen molar-refractivity contribution < 1.29 is 22.5 Å². The summed E-state index contributed by atoms with van der Waals surface area (Å²) in [5.41, 5.74) is 8.62. The van der Waals surface area contributed by atoms with Crippen molar-refractivity contribution in [1.82, 2.24) is 10.1 Å². The Morgan fingerprint density at radius 3 is 2.67 bits per heavy atom. The molecule has 2 heterocycles. The minimum Gasteiger partial charge on any atom is -0.339 e. The number of nitrogens with one attached hydrogen (secondary N) is 1. The number of hydrogen-bond donors (Lipinski definition) is 2. The third-order valence-corrected chi connectivity index (χ3v) is 4.96. The second kappa shape index (κ2) is 7.91. The molecule has 0 radical (unpaired) electrons. The van der Waals surface area contributed by atoms with Crippen molar-refractivity contribution in [1.29, 1.82) is 0 Å². The highest BCUT2D eigenvalue weighted by atomic mass is 19.4. The molecule has 0 bridgehead atoms. The van der Waals surface area contributed by atoms with Crippen molar-refractivity contribution in [2.24, 2.45) is 5.73 Å². The number of alkyl halides is 3. The summed E-state index contributed by atoms with van der Waals surface area (Å²) in [6.07, 6.45) is -2.57. The largest absolute Gasteiger partial charge is 0.416 e. The van der Waals surface area contributed by atoms with Crippen molar-refractivity contribution in [3.8, 4) is 11.4 Å². The van der Waals surface area contributed by atoms with E-state index in [9.17, 15) is 18.0 Å². The number of fused-ring (bicyclic) bond motifs is 1. The van der Waals surface area contributed by atoms with Crippen LogP contribution in [0.25, 0.3) is 11.4 Å². The first-order valence-corrected chi connectivity index (χ1v) is 9.45. The molecule has 0 fully saturated rings. The fourth-order valence-electron chi connectivity index (χ4n) is 3.39. The van der Waals surface area contributed by atoms with Gasteiger partial charge in [-0.25, -0.2) is 0 Å². The van der Waals surface area contributed by atoms with Gasteiger partial charge >= 0.3 is 6.18 Å². The van der Waals surface area contributed by atoms with E-state index in [1.807, 2.05) is 18.2 Å². The molecular formula is C21H19F3N4O2. The zero-order valence-electron chi connectivity index (χ0n) is 15.9. The lowest BCUT2D eigenvalue weighted by atomic mass is 10.0. The van der Waals surface area contributed by atoms with E-state index in [1.54, 1.807) is 0 Å². The highest BCUT2D eigenvalue weighted by molar-refractivity contribution is 5.99. The fourth-order valence-corrected chi connectivity index (χ4v) is 3.39. The topological polar surface area (TPSA) is 94.0 Å². The van der Waals surface area contributed by atoms with Gasteiger partial charge in [0.05, 0.1) is 12.0 Å². The maximum Gasteiger partial charge on any atom is 0.416 e. The molecular weight excluding hydrogens is 397 g/mol. The number of anilines is 1. The van der Waals surface area contributed by atoms with Crippen molar-refractivity contribution >= 4 is 11.6 Å². The number of halogens is 3. The maximum absolute atomic E-state index is 12.6. The van der Waals surface area contributed by atoms with Crippen LogP contribution in [0.1, 0.15) is 29.0 Å². The molecule has 1 amide bonds. The molecule has 1 aromatic heterocycles. The van der Waals surface area contributed by atoms with Crippen LogP contribution in [0.4, 0.5) is 18.9 Å². The summed E-state index contributed by atoms with van der Waals surface area (Å²) < 4.78 is 43.2. The number of carbonyl (C=O) groups is 1. The van der Waals surface area contributed by atoms with E-state index in [2.05, 4.69) is 15.5 Å². The van der Waals surface area contributed by atoms with Crippen LogP contribution in [-0.2, 0) is 30.2 Å². The van der Waals surface area contributed by atoms with E-state index in [0.717, 1.165) is 34.5 Å². The minimum absolute atomic E-state index is 0.0435. The Labute approximate surface area is 170 Å². The van der Waals surface area contributed by atoms with Gasteiger partial charge in [0.1, 0.15) is 0 Å². The molecule has 1 unspecified atom stereocenters. The van der Waals surface area contributed by atoms with Crippen LogP contribution < -0.4 is 11.1 Å². The Balaban J connectivity index is 1.33. The van der Waals surface area contributed by atoms with Crippen LogP contribution in [0.3, 0.4) is 0 Å². The molecule has 1 atom stereocenters. The van der Waals surface area contributed by atoms with Crippen LogP contribution in [0.5, 0.6) is 0 Å². The highest BCUT2D eigenvalue weighted by Gasteiger charge is 2.30. The van der Waals surface area contributed by atoms with Gasteiger partial charge in [-0.2, -0.15) is 18.2 Å². The number of nitrogens with two attached hydrogens (primary N) is 1. The summed E-state index contributed by atoms with van der Waals surface area (Å²) in [6.45, 7) is 0. The fraction of sp³-hybridized carbons (Fsp3) is 0.286. The van der Waals surface area contributed by atoms with E-state index >= 15 is 0 Å². The predicted molar refractivity (Wildman–Crippen MR) is 104 cm³/mol. The van der Waals surface area contributed by atoms with Gasteiger partial charge in [0.15, 0.2) is 0 Å². The first-order chi connectivity index (χ1) is 14.3. The summed E-state index contributed by atoms with van der Waals surface area (Å²) in [7, 11) is 0. The number of nitrogens with zero attached hydrogens (tertiary/aromatic N) is 2. The van der Waals surface area contributed by atoms with Crippen LogP contribution >= 0.6 is 0 Å². The van der Waals surface area contributed by atoms with Crippen molar-refractivity contribution in [3.05, 3.63) is 65.0 Å². The second-order valence-electron chi connectivity index (χ2n) is 7.31. The third kappa shape index (κ3) is 4.51. The number of hydrogen-bond acceptors (Lipinski definition) is 5. The van der Waals surface area contributed by atoms with Gasteiger partial charge in [-0.15, -0.1) is 0 Å². The van der Waals surface area contributed by atoms with Gasteiger partial charge < -0.3 is 15.6 Å². The van der Waals surface area contributed by atoms with Gasteiger partial charge in [-0.1, -0.05) is 17.3 Å². The van der Waals surface area contributed by atoms with Crippen LogP contribution in [0, 0.1) is 0 Å². The Hall–Kier alpha value is -3.20. The smallest absolute Gasteiger partial charge is 0.339 e. The molecule has 1 aliphatic rings.